The summed E-state index contributed by atoms with van der Waals surface area (Å²) in [5.41, 5.74) is 3.33. The van der Waals surface area contributed by atoms with Crippen molar-refractivity contribution in [3.63, 3.8) is 0 Å². The summed E-state index contributed by atoms with van der Waals surface area (Å²) in [5, 5.41) is 10.8. The van der Waals surface area contributed by atoms with E-state index in [1.165, 1.54) is 18.2 Å². The van der Waals surface area contributed by atoms with Gasteiger partial charge >= 0.3 is 0 Å². The van der Waals surface area contributed by atoms with Gasteiger partial charge in [0, 0.05) is 23.3 Å². The molecule has 0 aliphatic carbocycles. The number of carbonyl (C=O) groups excluding carboxylic acids is 1. The molecule has 5 heteroatoms. The van der Waals surface area contributed by atoms with Gasteiger partial charge in [0.25, 0.3) is 5.69 Å². The van der Waals surface area contributed by atoms with Gasteiger partial charge in [-0.25, -0.2) is 0 Å². The number of hydrogen-bond acceptors (Lipinski definition) is 4. The van der Waals surface area contributed by atoms with Crippen molar-refractivity contribution < 1.29 is 14.5 Å². The van der Waals surface area contributed by atoms with Crippen molar-refractivity contribution in [2.24, 2.45) is 0 Å². The molecule has 0 N–H and O–H groups in total. The Bertz CT molecular complexity index is 765. The van der Waals surface area contributed by atoms with Crippen LogP contribution in [-0.4, -0.2) is 17.8 Å². The molecule has 2 rings (SSSR count). The highest BCUT2D eigenvalue weighted by molar-refractivity contribution is 6.10. The second-order valence-corrected chi connectivity index (χ2v) is 5.16. The van der Waals surface area contributed by atoms with Crippen molar-refractivity contribution in [2.45, 2.75) is 20.8 Å². The lowest BCUT2D eigenvalue weighted by Crippen LogP contribution is -2.07. The predicted molar refractivity (Wildman–Crippen MR) is 83.7 cm³/mol. The quantitative estimate of drug-likeness (QED) is 0.489. The van der Waals surface area contributed by atoms with E-state index < -0.39 is 4.92 Å². The number of nitro groups is 1. The van der Waals surface area contributed by atoms with Crippen LogP contribution in [0.3, 0.4) is 0 Å². The molecule has 0 fully saturated rings. The molecule has 0 atom stereocenters. The Morgan fingerprint density at radius 1 is 1.14 bits per heavy atom. The first-order valence-corrected chi connectivity index (χ1v) is 6.80. The molecule has 0 bridgehead atoms. The van der Waals surface area contributed by atoms with E-state index in [0.717, 1.165) is 22.4 Å². The largest absolute Gasteiger partial charge is 0.496 e. The Morgan fingerprint density at radius 2 is 1.82 bits per heavy atom. The number of nitro benzene ring substituents is 1. The molecule has 5 nitrogen and oxygen atoms in total. The highest BCUT2D eigenvalue weighted by Gasteiger charge is 2.19. The number of non-ortho nitro benzene ring substituents is 1. The molecule has 0 aliphatic rings. The van der Waals surface area contributed by atoms with Gasteiger partial charge in [0.05, 0.1) is 12.0 Å². The third kappa shape index (κ3) is 2.70. The SMILES string of the molecule is COc1c(C)cc(C(=O)c2cccc([N+](=O)[O-])c2)c(C)c1C. The summed E-state index contributed by atoms with van der Waals surface area (Å²) in [7, 11) is 1.59. The molecule has 0 saturated carbocycles. The number of hydrogen-bond donors (Lipinski definition) is 0. The average Bonchev–Trinajstić information content (AvgIpc) is 2.51. The standard InChI is InChI=1S/C17H17NO4/c1-10-8-15(11(2)12(3)17(10)22-4)16(19)13-6-5-7-14(9-13)18(20)21/h5-9H,1-4H3. The molecule has 0 unspecified atom stereocenters. The molecule has 2 aromatic carbocycles. The molecule has 0 spiro atoms. The third-order valence-electron chi connectivity index (χ3n) is 3.79. The first-order chi connectivity index (χ1) is 10.4. The van der Waals surface area contributed by atoms with E-state index in [9.17, 15) is 14.9 Å². The minimum absolute atomic E-state index is 0.0922. The molecule has 0 saturated heterocycles. The fourth-order valence-electron chi connectivity index (χ4n) is 2.52. The Kier molecular flexibility index (Phi) is 4.26. The average molecular weight is 299 g/mol. The second-order valence-electron chi connectivity index (χ2n) is 5.16. The highest BCUT2D eigenvalue weighted by atomic mass is 16.6. The number of rotatable bonds is 4. The lowest BCUT2D eigenvalue weighted by Gasteiger charge is -2.15. The molecular weight excluding hydrogens is 282 g/mol. The molecule has 0 heterocycles. The van der Waals surface area contributed by atoms with Gasteiger partial charge in [-0.3, -0.25) is 14.9 Å². The topological polar surface area (TPSA) is 69.4 Å². The fourth-order valence-corrected chi connectivity index (χ4v) is 2.52. The van der Waals surface area contributed by atoms with Gasteiger partial charge in [-0.2, -0.15) is 0 Å². The maximum atomic E-state index is 12.7. The van der Waals surface area contributed by atoms with Crippen LogP contribution >= 0.6 is 0 Å². The predicted octanol–water partition coefficient (Wildman–Crippen LogP) is 3.76. The van der Waals surface area contributed by atoms with Crippen molar-refractivity contribution in [3.8, 4) is 5.75 Å². The van der Waals surface area contributed by atoms with Gasteiger partial charge < -0.3 is 4.74 Å². The van der Waals surface area contributed by atoms with E-state index in [-0.39, 0.29) is 11.5 Å². The monoisotopic (exact) mass is 299 g/mol. The van der Waals surface area contributed by atoms with Crippen LogP contribution in [0.2, 0.25) is 0 Å². The third-order valence-corrected chi connectivity index (χ3v) is 3.79. The summed E-state index contributed by atoms with van der Waals surface area (Å²) in [5.74, 6) is 0.531. The van der Waals surface area contributed by atoms with Crippen molar-refractivity contribution in [1.82, 2.24) is 0 Å². The summed E-state index contributed by atoms with van der Waals surface area (Å²) in [6.07, 6.45) is 0. The van der Waals surface area contributed by atoms with E-state index in [0.29, 0.717) is 11.1 Å². The smallest absolute Gasteiger partial charge is 0.270 e. The van der Waals surface area contributed by atoms with Crippen LogP contribution in [0, 0.1) is 30.9 Å². The summed E-state index contributed by atoms with van der Waals surface area (Å²) >= 11 is 0. The normalized spacial score (nSPS) is 10.4. The van der Waals surface area contributed by atoms with Crippen molar-refractivity contribution in [1.29, 1.82) is 0 Å². The van der Waals surface area contributed by atoms with Crippen LogP contribution in [-0.2, 0) is 0 Å². The van der Waals surface area contributed by atoms with E-state index in [2.05, 4.69) is 0 Å². The second kappa shape index (κ2) is 5.97. The van der Waals surface area contributed by atoms with Gasteiger partial charge in [-0.15, -0.1) is 0 Å². The number of nitrogens with zero attached hydrogens (tertiary/aromatic N) is 1. The zero-order valence-corrected chi connectivity index (χ0v) is 13.0. The van der Waals surface area contributed by atoms with Crippen LogP contribution in [0.5, 0.6) is 5.75 Å². The molecule has 0 radical (unpaired) electrons. The Hall–Kier alpha value is -2.69. The van der Waals surface area contributed by atoms with Crippen molar-refractivity contribution in [2.75, 3.05) is 7.11 Å². The molecule has 22 heavy (non-hydrogen) atoms. The summed E-state index contributed by atoms with van der Waals surface area (Å²) in [4.78, 5) is 23.0. The van der Waals surface area contributed by atoms with Gasteiger partial charge in [0.2, 0.25) is 0 Å². The van der Waals surface area contributed by atoms with Crippen LogP contribution in [0.15, 0.2) is 30.3 Å². The zero-order valence-electron chi connectivity index (χ0n) is 13.0. The number of ether oxygens (including phenoxy) is 1. The molecule has 0 amide bonds. The summed E-state index contributed by atoms with van der Waals surface area (Å²) in [6.45, 7) is 5.61. The van der Waals surface area contributed by atoms with Crippen molar-refractivity contribution in [3.05, 3.63) is 68.3 Å². The molecule has 2 aromatic rings. The van der Waals surface area contributed by atoms with Crippen molar-refractivity contribution >= 4 is 11.5 Å². The summed E-state index contributed by atoms with van der Waals surface area (Å²) < 4.78 is 5.35. The van der Waals surface area contributed by atoms with Crippen LogP contribution < -0.4 is 4.74 Å². The lowest BCUT2D eigenvalue weighted by atomic mass is 9.93. The zero-order chi connectivity index (χ0) is 16.4. The first kappa shape index (κ1) is 15.7. The van der Waals surface area contributed by atoms with Gasteiger partial charge in [0.15, 0.2) is 5.78 Å². The van der Waals surface area contributed by atoms with Crippen LogP contribution in [0.1, 0.15) is 32.6 Å². The van der Waals surface area contributed by atoms with Gasteiger partial charge in [-0.05, 0) is 43.5 Å². The number of benzene rings is 2. The lowest BCUT2D eigenvalue weighted by molar-refractivity contribution is -0.384. The number of aryl methyl sites for hydroxylation is 1. The van der Waals surface area contributed by atoms with Crippen LogP contribution in [0.25, 0.3) is 0 Å². The minimum Gasteiger partial charge on any atom is -0.496 e. The molecule has 0 aromatic heterocycles. The number of ketones is 1. The number of carbonyl (C=O) groups is 1. The van der Waals surface area contributed by atoms with E-state index in [4.69, 9.17) is 4.74 Å². The van der Waals surface area contributed by atoms with Gasteiger partial charge in [0.1, 0.15) is 5.75 Å². The fraction of sp³-hybridized carbons (Fsp3) is 0.235. The highest BCUT2D eigenvalue weighted by Crippen LogP contribution is 2.30. The minimum atomic E-state index is -0.506. The van der Waals surface area contributed by atoms with Gasteiger partial charge in [-0.1, -0.05) is 12.1 Å². The van der Waals surface area contributed by atoms with Crippen LogP contribution in [0.4, 0.5) is 5.69 Å². The molecule has 114 valence electrons. The first-order valence-electron chi connectivity index (χ1n) is 6.80. The number of methoxy groups -OCH3 is 1. The van der Waals surface area contributed by atoms with E-state index in [1.54, 1.807) is 19.2 Å². The molecular formula is C17H17NO4. The Balaban J connectivity index is 2.55. The Labute approximate surface area is 128 Å². The van der Waals surface area contributed by atoms with E-state index >= 15 is 0 Å². The maximum Gasteiger partial charge on any atom is 0.270 e. The molecule has 0 aliphatic heterocycles. The van der Waals surface area contributed by atoms with E-state index in [1.807, 2.05) is 20.8 Å². The maximum absolute atomic E-state index is 12.7. The summed E-state index contributed by atoms with van der Waals surface area (Å²) in [6, 6.07) is 7.54. The Morgan fingerprint density at radius 3 is 2.41 bits per heavy atom.